The van der Waals surface area contributed by atoms with E-state index in [9.17, 15) is 9.59 Å². The molecule has 0 aliphatic heterocycles. The number of carbonyl (C=O) groups is 2. The third-order valence-corrected chi connectivity index (χ3v) is 5.27. The first-order valence-corrected chi connectivity index (χ1v) is 10.7. The number of aromatic nitrogens is 1. The highest BCUT2D eigenvalue weighted by Gasteiger charge is 2.09. The van der Waals surface area contributed by atoms with Gasteiger partial charge in [-0.05, 0) is 42.2 Å². The van der Waals surface area contributed by atoms with Gasteiger partial charge in [0.2, 0.25) is 11.8 Å². The predicted octanol–water partition coefficient (Wildman–Crippen LogP) is 4.70. The Hall–Kier alpha value is -2.90. The molecule has 0 aliphatic rings. The van der Waals surface area contributed by atoms with Crippen LogP contribution in [0.2, 0.25) is 0 Å². The number of anilines is 2. The van der Waals surface area contributed by atoms with Crippen LogP contribution in [-0.2, 0) is 16.0 Å². The first-order valence-electron chi connectivity index (χ1n) is 8.55. The SMILES string of the molecule is CSc1ccc(NC(=O)Cc2csc(NC(=O)/C=C/c3ccccc3)n2)cc1. The number of hydrogen-bond donors (Lipinski definition) is 2. The van der Waals surface area contributed by atoms with E-state index < -0.39 is 0 Å². The number of hydrogen-bond acceptors (Lipinski definition) is 5. The van der Waals surface area contributed by atoms with Gasteiger partial charge in [0.1, 0.15) is 0 Å². The molecular formula is C21H19N3O2S2. The topological polar surface area (TPSA) is 71.1 Å². The largest absolute Gasteiger partial charge is 0.326 e. The molecule has 0 bridgehead atoms. The van der Waals surface area contributed by atoms with Crippen molar-refractivity contribution in [3.05, 3.63) is 77.3 Å². The van der Waals surface area contributed by atoms with Crippen LogP contribution in [0.1, 0.15) is 11.3 Å². The molecule has 3 aromatic rings. The quantitative estimate of drug-likeness (QED) is 0.438. The van der Waals surface area contributed by atoms with Gasteiger partial charge in [-0.1, -0.05) is 30.3 Å². The van der Waals surface area contributed by atoms with Crippen molar-refractivity contribution in [1.82, 2.24) is 4.98 Å². The molecule has 7 heteroatoms. The minimum absolute atomic E-state index is 0.149. The average molecular weight is 410 g/mol. The fourth-order valence-corrected chi connectivity index (χ4v) is 3.49. The second-order valence-electron chi connectivity index (χ2n) is 5.83. The molecule has 0 spiro atoms. The number of rotatable bonds is 7. The Balaban J connectivity index is 1.51. The number of nitrogens with zero attached hydrogens (tertiary/aromatic N) is 1. The molecule has 0 unspecified atom stereocenters. The van der Waals surface area contributed by atoms with Crippen LogP contribution in [-0.4, -0.2) is 23.1 Å². The maximum Gasteiger partial charge on any atom is 0.250 e. The average Bonchev–Trinajstić information content (AvgIpc) is 3.14. The molecule has 142 valence electrons. The Morgan fingerprint density at radius 3 is 2.54 bits per heavy atom. The number of carbonyl (C=O) groups excluding carboxylic acids is 2. The molecule has 0 fully saturated rings. The van der Waals surface area contributed by atoms with E-state index in [1.165, 1.54) is 17.4 Å². The highest BCUT2D eigenvalue weighted by atomic mass is 32.2. The molecule has 3 rings (SSSR count). The zero-order chi connectivity index (χ0) is 19.8. The van der Waals surface area contributed by atoms with Gasteiger partial charge in [0.05, 0.1) is 12.1 Å². The van der Waals surface area contributed by atoms with Gasteiger partial charge in [-0.3, -0.25) is 14.9 Å². The number of nitrogens with one attached hydrogen (secondary N) is 2. The first kappa shape index (κ1) is 19.9. The van der Waals surface area contributed by atoms with Crippen LogP contribution in [0.4, 0.5) is 10.8 Å². The summed E-state index contributed by atoms with van der Waals surface area (Å²) in [5.74, 6) is -0.410. The summed E-state index contributed by atoms with van der Waals surface area (Å²) in [4.78, 5) is 29.6. The zero-order valence-electron chi connectivity index (χ0n) is 15.2. The van der Waals surface area contributed by atoms with Gasteiger partial charge in [-0.25, -0.2) is 4.98 Å². The normalized spacial score (nSPS) is 10.8. The summed E-state index contributed by atoms with van der Waals surface area (Å²) in [6.07, 6.45) is 5.35. The Labute approximate surface area is 171 Å². The lowest BCUT2D eigenvalue weighted by Crippen LogP contribution is -2.14. The molecule has 0 saturated carbocycles. The van der Waals surface area contributed by atoms with Crippen molar-refractivity contribution in [2.24, 2.45) is 0 Å². The number of amides is 2. The summed E-state index contributed by atoms with van der Waals surface area (Å²) in [5.41, 5.74) is 2.31. The van der Waals surface area contributed by atoms with Crippen LogP contribution in [0.25, 0.3) is 6.08 Å². The van der Waals surface area contributed by atoms with E-state index in [0.717, 1.165) is 16.1 Å². The van der Waals surface area contributed by atoms with Crippen molar-refractivity contribution in [1.29, 1.82) is 0 Å². The van der Waals surface area contributed by atoms with E-state index in [0.29, 0.717) is 10.8 Å². The van der Waals surface area contributed by atoms with E-state index in [4.69, 9.17) is 0 Å². The predicted molar refractivity (Wildman–Crippen MR) is 117 cm³/mol. The lowest BCUT2D eigenvalue weighted by atomic mass is 10.2. The fraction of sp³-hybridized carbons (Fsp3) is 0.0952. The van der Waals surface area contributed by atoms with Crippen LogP contribution in [0.3, 0.4) is 0 Å². The van der Waals surface area contributed by atoms with Crippen molar-refractivity contribution in [3.63, 3.8) is 0 Å². The van der Waals surface area contributed by atoms with Crippen molar-refractivity contribution in [2.45, 2.75) is 11.3 Å². The Kier molecular flexibility index (Phi) is 7.00. The van der Waals surface area contributed by atoms with Gasteiger partial charge >= 0.3 is 0 Å². The summed E-state index contributed by atoms with van der Waals surface area (Å²) in [6, 6.07) is 17.2. The third kappa shape index (κ3) is 6.07. The van der Waals surface area contributed by atoms with Crippen LogP contribution in [0.5, 0.6) is 0 Å². The molecule has 2 N–H and O–H groups in total. The molecule has 0 saturated heterocycles. The molecule has 28 heavy (non-hydrogen) atoms. The summed E-state index contributed by atoms with van der Waals surface area (Å²) in [6.45, 7) is 0. The lowest BCUT2D eigenvalue weighted by Gasteiger charge is -2.04. The summed E-state index contributed by atoms with van der Waals surface area (Å²) < 4.78 is 0. The van der Waals surface area contributed by atoms with Crippen molar-refractivity contribution < 1.29 is 9.59 Å². The number of benzene rings is 2. The van der Waals surface area contributed by atoms with Gasteiger partial charge in [-0.15, -0.1) is 23.1 Å². The van der Waals surface area contributed by atoms with Crippen LogP contribution < -0.4 is 10.6 Å². The van der Waals surface area contributed by atoms with Gasteiger partial charge in [0.15, 0.2) is 5.13 Å². The standard InChI is InChI=1S/C21H19N3O2S2/c1-27-18-10-8-16(9-11-18)22-20(26)13-17-14-28-21(23-17)24-19(25)12-7-15-5-3-2-4-6-15/h2-12,14H,13H2,1H3,(H,22,26)(H,23,24,25)/b12-7+. The number of thiazole rings is 1. The van der Waals surface area contributed by atoms with E-state index in [1.54, 1.807) is 23.2 Å². The van der Waals surface area contributed by atoms with E-state index in [1.807, 2.05) is 60.9 Å². The maximum absolute atomic E-state index is 12.2. The van der Waals surface area contributed by atoms with E-state index in [-0.39, 0.29) is 18.2 Å². The minimum Gasteiger partial charge on any atom is -0.326 e. The highest BCUT2D eigenvalue weighted by Crippen LogP contribution is 2.19. The summed E-state index contributed by atoms with van der Waals surface area (Å²) in [7, 11) is 0. The Morgan fingerprint density at radius 2 is 1.82 bits per heavy atom. The molecule has 0 atom stereocenters. The molecule has 2 aromatic carbocycles. The molecule has 1 heterocycles. The molecule has 5 nitrogen and oxygen atoms in total. The molecule has 1 aromatic heterocycles. The lowest BCUT2D eigenvalue weighted by molar-refractivity contribution is -0.115. The minimum atomic E-state index is -0.261. The zero-order valence-corrected chi connectivity index (χ0v) is 16.8. The van der Waals surface area contributed by atoms with Crippen molar-refractivity contribution in [3.8, 4) is 0 Å². The van der Waals surface area contributed by atoms with Crippen molar-refractivity contribution >= 4 is 51.8 Å². The molecule has 0 radical (unpaired) electrons. The summed E-state index contributed by atoms with van der Waals surface area (Å²) in [5, 5.41) is 7.80. The molecule has 0 aliphatic carbocycles. The van der Waals surface area contributed by atoms with Gasteiger partial charge in [0.25, 0.3) is 0 Å². The highest BCUT2D eigenvalue weighted by molar-refractivity contribution is 7.98. The number of thioether (sulfide) groups is 1. The fourth-order valence-electron chi connectivity index (χ4n) is 2.37. The Morgan fingerprint density at radius 1 is 1.07 bits per heavy atom. The second-order valence-corrected chi connectivity index (χ2v) is 7.57. The maximum atomic E-state index is 12.2. The second kappa shape index (κ2) is 9.87. The van der Waals surface area contributed by atoms with E-state index >= 15 is 0 Å². The summed E-state index contributed by atoms with van der Waals surface area (Å²) >= 11 is 2.94. The first-order chi connectivity index (χ1) is 13.6. The van der Waals surface area contributed by atoms with Gasteiger partial charge < -0.3 is 5.32 Å². The van der Waals surface area contributed by atoms with Crippen molar-refractivity contribution in [2.75, 3.05) is 16.9 Å². The third-order valence-electron chi connectivity index (χ3n) is 3.72. The Bertz CT molecular complexity index is 967. The van der Waals surface area contributed by atoms with Gasteiger partial charge in [0, 0.05) is 22.0 Å². The monoisotopic (exact) mass is 409 g/mol. The van der Waals surface area contributed by atoms with Crippen LogP contribution in [0.15, 0.2) is 70.9 Å². The smallest absolute Gasteiger partial charge is 0.250 e. The molecular weight excluding hydrogens is 390 g/mol. The molecule has 2 amide bonds. The van der Waals surface area contributed by atoms with Crippen LogP contribution >= 0.6 is 23.1 Å². The van der Waals surface area contributed by atoms with Crippen LogP contribution in [0, 0.1) is 0 Å². The van der Waals surface area contributed by atoms with E-state index in [2.05, 4.69) is 15.6 Å². The van der Waals surface area contributed by atoms with Gasteiger partial charge in [-0.2, -0.15) is 0 Å².